The van der Waals surface area contributed by atoms with Gasteiger partial charge in [-0.25, -0.2) is 4.79 Å². The molecule has 4 heteroatoms. The van der Waals surface area contributed by atoms with Crippen molar-refractivity contribution in [3.05, 3.63) is 35.4 Å². The van der Waals surface area contributed by atoms with Crippen LogP contribution in [0.4, 0.5) is 0 Å². The van der Waals surface area contributed by atoms with Crippen LogP contribution in [0.3, 0.4) is 0 Å². The van der Waals surface area contributed by atoms with Crippen molar-refractivity contribution in [3.63, 3.8) is 0 Å². The van der Waals surface area contributed by atoms with Crippen LogP contribution in [-0.4, -0.2) is 23.5 Å². The lowest BCUT2D eigenvalue weighted by Gasteiger charge is -2.32. The lowest BCUT2D eigenvalue weighted by Crippen LogP contribution is -2.36. The topological polar surface area (TPSA) is 66.4 Å². The van der Waals surface area contributed by atoms with Crippen molar-refractivity contribution in [3.8, 4) is 0 Å². The highest BCUT2D eigenvalue weighted by molar-refractivity contribution is 5.89. The summed E-state index contributed by atoms with van der Waals surface area (Å²) in [6.07, 6.45) is 4.71. The monoisotopic (exact) mass is 247 g/mol. The number of nitrogens with one attached hydrogen (secondary N) is 1. The third-order valence-electron chi connectivity index (χ3n) is 3.64. The molecule has 0 radical (unpaired) electrons. The van der Waals surface area contributed by atoms with Crippen molar-refractivity contribution in [1.82, 2.24) is 5.32 Å². The van der Waals surface area contributed by atoms with E-state index in [4.69, 9.17) is 0 Å². The van der Waals surface area contributed by atoms with E-state index in [2.05, 4.69) is 5.32 Å². The van der Waals surface area contributed by atoms with E-state index < -0.39 is 5.97 Å². The summed E-state index contributed by atoms with van der Waals surface area (Å²) in [5, 5.41) is 12.0. The molecular formula is C14H17NO3. The number of benzene rings is 1. The summed E-state index contributed by atoms with van der Waals surface area (Å²) < 4.78 is 0. The highest BCUT2D eigenvalue weighted by Gasteiger charge is 2.28. The number of hydrogen-bond acceptors (Lipinski definition) is 2. The zero-order chi connectivity index (χ0) is 13.0. The number of amides is 1. The Morgan fingerprint density at radius 1 is 1.28 bits per heavy atom. The Balaban J connectivity index is 2.33. The first-order valence-electron chi connectivity index (χ1n) is 6.26. The highest BCUT2D eigenvalue weighted by atomic mass is 16.4. The Bertz CT molecular complexity index is 444. The molecular weight excluding hydrogens is 230 g/mol. The standard InChI is InChI=1S/C14H17NO3/c16-9-15-13-8-4-3-6-11(13)10-5-1-2-7-12(10)14(17)18/h1-2,5,7,9,11,13H,3-4,6,8H2,(H,15,16)(H,17,18). The molecule has 4 nitrogen and oxygen atoms in total. The number of hydrogen-bond donors (Lipinski definition) is 2. The average molecular weight is 247 g/mol. The van der Waals surface area contributed by atoms with Gasteiger partial charge in [0.25, 0.3) is 0 Å². The number of carbonyl (C=O) groups is 2. The smallest absolute Gasteiger partial charge is 0.335 e. The molecule has 18 heavy (non-hydrogen) atoms. The van der Waals surface area contributed by atoms with Crippen LogP contribution in [0.25, 0.3) is 0 Å². The molecule has 2 rings (SSSR count). The molecule has 0 aliphatic heterocycles. The SMILES string of the molecule is O=CNC1CCCCC1c1ccccc1C(=O)O. The van der Waals surface area contributed by atoms with Crippen LogP contribution >= 0.6 is 0 Å². The average Bonchev–Trinajstić information content (AvgIpc) is 2.40. The molecule has 0 saturated heterocycles. The fourth-order valence-corrected chi connectivity index (χ4v) is 2.81. The predicted molar refractivity (Wildman–Crippen MR) is 67.6 cm³/mol. The first-order chi connectivity index (χ1) is 8.74. The largest absolute Gasteiger partial charge is 0.478 e. The molecule has 1 aromatic carbocycles. The summed E-state index contributed by atoms with van der Waals surface area (Å²) in [6.45, 7) is 0. The normalized spacial score (nSPS) is 23.3. The van der Waals surface area contributed by atoms with Crippen molar-refractivity contribution >= 4 is 12.4 Å². The second-order valence-electron chi connectivity index (χ2n) is 4.67. The summed E-state index contributed by atoms with van der Waals surface area (Å²) in [7, 11) is 0. The molecule has 1 aliphatic carbocycles. The van der Waals surface area contributed by atoms with E-state index >= 15 is 0 Å². The van der Waals surface area contributed by atoms with Crippen LogP contribution in [0.5, 0.6) is 0 Å². The molecule has 0 bridgehead atoms. The summed E-state index contributed by atoms with van der Waals surface area (Å²) >= 11 is 0. The van der Waals surface area contributed by atoms with Crippen LogP contribution < -0.4 is 5.32 Å². The summed E-state index contributed by atoms with van der Waals surface area (Å²) in [6, 6.07) is 7.13. The van der Waals surface area contributed by atoms with Crippen LogP contribution in [0.1, 0.15) is 47.5 Å². The zero-order valence-corrected chi connectivity index (χ0v) is 10.1. The molecule has 1 saturated carbocycles. The van der Waals surface area contributed by atoms with Gasteiger partial charge in [-0.05, 0) is 24.5 Å². The van der Waals surface area contributed by atoms with Gasteiger partial charge in [0.05, 0.1) is 5.56 Å². The summed E-state index contributed by atoms with van der Waals surface area (Å²) in [5.41, 5.74) is 1.19. The maximum Gasteiger partial charge on any atom is 0.335 e. The second kappa shape index (κ2) is 5.67. The maximum absolute atomic E-state index is 11.2. The minimum atomic E-state index is -0.902. The third kappa shape index (κ3) is 2.53. The van der Waals surface area contributed by atoms with E-state index in [0.717, 1.165) is 31.2 Å². The van der Waals surface area contributed by atoms with Crippen LogP contribution in [0.15, 0.2) is 24.3 Å². The van der Waals surface area contributed by atoms with E-state index in [9.17, 15) is 14.7 Å². The first kappa shape index (κ1) is 12.6. The molecule has 1 aromatic rings. The number of carboxylic acids is 1. The van der Waals surface area contributed by atoms with E-state index in [-0.39, 0.29) is 12.0 Å². The maximum atomic E-state index is 11.2. The van der Waals surface area contributed by atoms with Gasteiger partial charge in [-0.1, -0.05) is 31.0 Å². The predicted octanol–water partition coefficient (Wildman–Crippen LogP) is 2.16. The molecule has 2 unspecified atom stereocenters. The Kier molecular flexibility index (Phi) is 3.97. The molecule has 0 aromatic heterocycles. The minimum absolute atomic E-state index is 0.0525. The third-order valence-corrected chi connectivity index (χ3v) is 3.64. The Labute approximate surface area is 106 Å². The lowest BCUT2D eigenvalue weighted by molar-refractivity contribution is -0.110. The lowest BCUT2D eigenvalue weighted by atomic mass is 9.78. The van der Waals surface area contributed by atoms with E-state index in [0.29, 0.717) is 12.0 Å². The van der Waals surface area contributed by atoms with Gasteiger partial charge in [0.15, 0.2) is 0 Å². The van der Waals surface area contributed by atoms with Gasteiger partial charge < -0.3 is 10.4 Å². The summed E-state index contributed by atoms with van der Waals surface area (Å²) in [5.74, 6) is -0.794. The van der Waals surface area contributed by atoms with E-state index in [1.165, 1.54) is 0 Å². The Morgan fingerprint density at radius 3 is 2.72 bits per heavy atom. The fraction of sp³-hybridized carbons (Fsp3) is 0.429. The highest BCUT2D eigenvalue weighted by Crippen LogP contribution is 2.34. The van der Waals surface area contributed by atoms with Gasteiger partial charge in [0.1, 0.15) is 0 Å². The van der Waals surface area contributed by atoms with Crippen molar-refractivity contribution in [1.29, 1.82) is 0 Å². The first-order valence-corrected chi connectivity index (χ1v) is 6.26. The number of rotatable bonds is 4. The molecule has 1 amide bonds. The zero-order valence-electron chi connectivity index (χ0n) is 10.1. The molecule has 2 N–H and O–H groups in total. The molecule has 1 fully saturated rings. The summed E-state index contributed by atoms with van der Waals surface area (Å²) in [4.78, 5) is 21.9. The molecule has 0 spiro atoms. The number of carboxylic acid groups (broad SMARTS) is 1. The molecule has 2 atom stereocenters. The van der Waals surface area contributed by atoms with Crippen LogP contribution in [-0.2, 0) is 4.79 Å². The van der Waals surface area contributed by atoms with Gasteiger partial charge in [-0.2, -0.15) is 0 Å². The van der Waals surface area contributed by atoms with Gasteiger partial charge in [-0.15, -0.1) is 0 Å². The van der Waals surface area contributed by atoms with Crippen LogP contribution in [0, 0.1) is 0 Å². The minimum Gasteiger partial charge on any atom is -0.478 e. The van der Waals surface area contributed by atoms with Crippen molar-refractivity contribution in [2.24, 2.45) is 0 Å². The second-order valence-corrected chi connectivity index (χ2v) is 4.67. The van der Waals surface area contributed by atoms with Gasteiger partial charge in [-0.3, -0.25) is 4.79 Å². The van der Waals surface area contributed by atoms with Gasteiger partial charge in [0.2, 0.25) is 6.41 Å². The van der Waals surface area contributed by atoms with Crippen molar-refractivity contribution in [2.75, 3.05) is 0 Å². The van der Waals surface area contributed by atoms with E-state index in [1.807, 2.05) is 12.1 Å². The van der Waals surface area contributed by atoms with Gasteiger partial charge in [0, 0.05) is 12.0 Å². The van der Waals surface area contributed by atoms with E-state index in [1.54, 1.807) is 12.1 Å². The van der Waals surface area contributed by atoms with Crippen LogP contribution in [0.2, 0.25) is 0 Å². The fourth-order valence-electron chi connectivity index (χ4n) is 2.81. The Morgan fingerprint density at radius 2 is 2.00 bits per heavy atom. The van der Waals surface area contributed by atoms with Crippen molar-refractivity contribution in [2.45, 2.75) is 37.6 Å². The quantitative estimate of drug-likeness (QED) is 0.801. The number of aromatic carboxylic acids is 1. The molecule has 96 valence electrons. The van der Waals surface area contributed by atoms with Crippen molar-refractivity contribution < 1.29 is 14.7 Å². The van der Waals surface area contributed by atoms with Gasteiger partial charge >= 0.3 is 5.97 Å². The number of carbonyl (C=O) groups excluding carboxylic acids is 1. The molecule has 0 heterocycles. The Hall–Kier alpha value is -1.84. The molecule has 1 aliphatic rings.